The molecule has 0 bridgehead atoms. The van der Waals surface area contributed by atoms with Gasteiger partial charge >= 0.3 is 5.97 Å². The summed E-state index contributed by atoms with van der Waals surface area (Å²) in [6.45, 7) is 6.69. The van der Waals surface area contributed by atoms with Gasteiger partial charge in [-0.1, -0.05) is 13.0 Å². The minimum absolute atomic E-state index is 0.149. The second-order valence-corrected chi connectivity index (χ2v) is 3.02. The Kier molecular flexibility index (Phi) is 6.24. The zero-order chi connectivity index (χ0) is 10.3. The fraction of sp³-hybridized carbons (Fsp3) is 0.700. The van der Waals surface area contributed by atoms with E-state index >= 15 is 0 Å². The lowest BCUT2D eigenvalue weighted by molar-refractivity contribution is -0.150. The lowest BCUT2D eigenvalue weighted by Gasteiger charge is -2.23. The van der Waals surface area contributed by atoms with Crippen LogP contribution in [0.3, 0.4) is 0 Å². The first-order valence-corrected chi connectivity index (χ1v) is 4.65. The Bertz CT molecular complexity index is 178. The third-order valence-corrected chi connectivity index (χ3v) is 1.79. The van der Waals surface area contributed by atoms with Gasteiger partial charge in [0.1, 0.15) is 0 Å². The summed E-state index contributed by atoms with van der Waals surface area (Å²) in [5.41, 5.74) is 0. The maximum absolute atomic E-state index is 11.0. The molecule has 1 atom stereocenters. The Morgan fingerprint density at radius 1 is 1.62 bits per heavy atom. The normalized spacial score (nSPS) is 13.6. The molecule has 0 aromatic carbocycles. The van der Waals surface area contributed by atoms with Crippen molar-refractivity contribution in [3.8, 4) is 0 Å². The second kappa shape index (κ2) is 6.66. The Balaban J connectivity index is 3.84. The quantitative estimate of drug-likeness (QED) is 0.371. The highest BCUT2D eigenvalue weighted by molar-refractivity contribution is 5.81. The molecular formula is C10H19NO2. The van der Waals surface area contributed by atoms with Gasteiger partial charge in [0.15, 0.2) is 6.23 Å². The van der Waals surface area contributed by atoms with Gasteiger partial charge in [-0.05, 0) is 27.3 Å². The minimum atomic E-state index is -0.280. The molecule has 0 spiro atoms. The Morgan fingerprint density at radius 3 is 2.69 bits per heavy atom. The number of hydrogen-bond donors (Lipinski definition) is 0. The maximum Gasteiger partial charge on any atom is 0.331 e. The number of hydrogen-bond acceptors (Lipinski definition) is 3. The smallest absolute Gasteiger partial charge is 0.331 e. The number of carbonyl (C=O) groups is 1. The average molecular weight is 185 g/mol. The van der Waals surface area contributed by atoms with Crippen LogP contribution in [0, 0.1) is 0 Å². The zero-order valence-electron chi connectivity index (χ0n) is 8.91. The first kappa shape index (κ1) is 12.2. The van der Waals surface area contributed by atoms with E-state index in [0.29, 0.717) is 0 Å². The van der Waals surface area contributed by atoms with E-state index in [-0.39, 0.29) is 12.2 Å². The molecule has 0 rings (SSSR count). The van der Waals surface area contributed by atoms with Gasteiger partial charge in [-0.3, -0.25) is 4.90 Å². The molecular weight excluding hydrogens is 166 g/mol. The first-order valence-electron chi connectivity index (χ1n) is 4.65. The van der Waals surface area contributed by atoms with Crippen molar-refractivity contribution in [2.24, 2.45) is 0 Å². The molecule has 1 unspecified atom stereocenters. The van der Waals surface area contributed by atoms with E-state index in [0.717, 1.165) is 13.0 Å². The Morgan fingerprint density at radius 2 is 2.23 bits per heavy atom. The van der Waals surface area contributed by atoms with Gasteiger partial charge in [0.25, 0.3) is 0 Å². The van der Waals surface area contributed by atoms with Crippen LogP contribution in [0.2, 0.25) is 0 Å². The number of ether oxygens (including phenoxy) is 1. The molecule has 0 aliphatic carbocycles. The average Bonchev–Trinajstić information content (AvgIpc) is 2.05. The molecule has 3 nitrogen and oxygen atoms in total. The summed E-state index contributed by atoms with van der Waals surface area (Å²) in [5.74, 6) is -0.280. The molecule has 76 valence electrons. The monoisotopic (exact) mass is 185 g/mol. The van der Waals surface area contributed by atoms with Crippen molar-refractivity contribution in [3.05, 3.63) is 12.2 Å². The van der Waals surface area contributed by atoms with Crippen LogP contribution in [0.5, 0.6) is 0 Å². The SMILES string of the molecule is C/C=C/C(=O)OC(C)N(C)CCC. The third-order valence-electron chi connectivity index (χ3n) is 1.79. The molecule has 0 saturated carbocycles. The topological polar surface area (TPSA) is 29.5 Å². The van der Waals surface area contributed by atoms with E-state index in [1.807, 2.05) is 18.9 Å². The molecule has 0 heterocycles. The molecule has 0 fully saturated rings. The van der Waals surface area contributed by atoms with E-state index in [9.17, 15) is 4.79 Å². The van der Waals surface area contributed by atoms with Gasteiger partial charge in [-0.15, -0.1) is 0 Å². The summed E-state index contributed by atoms with van der Waals surface area (Å²) in [6.07, 6.45) is 4.01. The van der Waals surface area contributed by atoms with E-state index in [1.54, 1.807) is 13.0 Å². The summed E-state index contributed by atoms with van der Waals surface area (Å²) >= 11 is 0. The fourth-order valence-electron chi connectivity index (χ4n) is 0.968. The van der Waals surface area contributed by atoms with Crippen LogP contribution in [-0.4, -0.2) is 30.7 Å². The van der Waals surface area contributed by atoms with Crippen LogP contribution in [0.15, 0.2) is 12.2 Å². The van der Waals surface area contributed by atoms with Crippen molar-refractivity contribution in [2.45, 2.75) is 33.4 Å². The van der Waals surface area contributed by atoms with Crippen LogP contribution < -0.4 is 0 Å². The van der Waals surface area contributed by atoms with E-state index in [4.69, 9.17) is 4.74 Å². The van der Waals surface area contributed by atoms with E-state index < -0.39 is 0 Å². The van der Waals surface area contributed by atoms with Crippen molar-refractivity contribution in [1.29, 1.82) is 0 Å². The van der Waals surface area contributed by atoms with Gasteiger partial charge in [0, 0.05) is 12.6 Å². The van der Waals surface area contributed by atoms with Crippen molar-refractivity contribution >= 4 is 5.97 Å². The predicted octanol–water partition coefficient (Wildman–Crippen LogP) is 1.79. The van der Waals surface area contributed by atoms with Crippen molar-refractivity contribution in [1.82, 2.24) is 4.90 Å². The van der Waals surface area contributed by atoms with Crippen molar-refractivity contribution in [3.63, 3.8) is 0 Å². The highest BCUT2D eigenvalue weighted by Gasteiger charge is 2.10. The summed E-state index contributed by atoms with van der Waals surface area (Å²) in [6, 6.07) is 0. The second-order valence-electron chi connectivity index (χ2n) is 3.02. The van der Waals surface area contributed by atoms with Gasteiger partial charge in [0.05, 0.1) is 0 Å². The summed E-state index contributed by atoms with van der Waals surface area (Å²) < 4.78 is 5.11. The van der Waals surface area contributed by atoms with Crippen molar-refractivity contribution in [2.75, 3.05) is 13.6 Å². The molecule has 0 saturated heterocycles. The maximum atomic E-state index is 11.0. The highest BCUT2D eigenvalue weighted by atomic mass is 16.6. The van der Waals surface area contributed by atoms with Crippen molar-refractivity contribution < 1.29 is 9.53 Å². The fourth-order valence-corrected chi connectivity index (χ4v) is 0.968. The Labute approximate surface area is 80.4 Å². The van der Waals surface area contributed by atoms with Crippen LogP contribution in [0.4, 0.5) is 0 Å². The van der Waals surface area contributed by atoms with E-state index in [2.05, 4.69) is 6.92 Å². The van der Waals surface area contributed by atoms with Crippen LogP contribution in [-0.2, 0) is 9.53 Å². The lowest BCUT2D eigenvalue weighted by atomic mass is 10.4. The van der Waals surface area contributed by atoms with E-state index in [1.165, 1.54) is 6.08 Å². The number of allylic oxidation sites excluding steroid dienone is 1. The molecule has 0 aliphatic rings. The predicted molar refractivity (Wildman–Crippen MR) is 53.3 cm³/mol. The largest absolute Gasteiger partial charge is 0.443 e. The molecule has 3 heteroatoms. The molecule has 0 aliphatic heterocycles. The number of nitrogens with zero attached hydrogens (tertiary/aromatic N) is 1. The summed E-state index contributed by atoms with van der Waals surface area (Å²) in [5, 5.41) is 0. The molecule has 0 aromatic heterocycles. The van der Waals surface area contributed by atoms with Gasteiger partial charge in [0.2, 0.25) is 0 Å². The van der Waals surface area contributed by atoms with Crippen LogP contribution >= 0.6 is 0 Å². The van der Waals surface area contributed by atoms with Crippen LogP contribution in [0.25, 0.3) is 0 Å². The van der Waals surface area contributed by atoms with Crippen LogP contribution in [0.1, 0.15) is 27.2 Å². The highest BCUT2D eigenvalue weighted by Crippen LogP contribution is 1.99. The van der Waals surface area contributed by atoms with Gasteiger partial charge < -0.3 is 4.74 Å². The summed E-state index contributed by atoms with van der Waals surface area (Å²) in [4.78, 5) is 13.0. The number of rotatable bonds is 5. The molecule has 0 aromatic rings. The zero-order valence-corrected chi connectivity index (χ0v) is 8.91. The summed E-state index contributed by atoms with van der Waals surface area (Å²) in [7, 11) is 1.94. The van der Waals surface area contributed by atoms with Gasteiger partial charge in [-0.2, -0.15) is 0 Å². The third kappa shape index (κ3) is 5.42. The molecule has 0 amide bonds. The molecule has 13 heavy (non-hydrogen) atoms. The first-order chi connectivity index (χ1) is 6.11. The molecule has 0 radical (unpaired) electrons. The standard InChI is InChI=1S/C10H19NO2/c1-5-7-10(12)13-9(3)11(4)8-6-2/h5,7,9H,6,8H2,1-4H3/b7-5+. The van der Waals surface area contributed by atoms with Gasteiger partial charge in [-0.25, -0.2) is 4.79 Å². The minimum Gasteiger partial charge on any atom is -0.443 e. The Hall–Kier alpha value is -0.830. The molecule has 0 N–H and O–H groups in total. The lowest BCUT2D eigenvalue weighted by Crippen LogP contribution is -2.33. The number of esters is 1. The number of carbonyl (C=O) groups excluding carboxylic acids is 1.